The number of carbonyl (C=O) groups excluding carboxylic acids is 3. The molecule has 0 aliphatic carbocycles. The van der Waals surface area contributed by atoms with Crippen LogP contribution in [-0.2, 0) is 14.3 Å². The molecule has 0 saturated heterocycles. The number of benzene rings is 2. The fourth-order valence-electron chi connectivity index (χ4n) is 1.65. The molecule has 0 aliphatic heterocycles. The van der Waals surface area contributed by atoms with Crippen LogP contribution in [0.15, 0.2) is 60.7 Å². The van der Waals surface area contributed by atoms with Crippen LogP contribution in [0.4, 0.5) is 0 Å². The average Bonchev–Trinajstić information content (AvgIpc) is 2.59. The van der Waals surface area contributed by atoms with Crippen molar-refractivity contribution in [3.8, 4) is 0 Å². The van der Waals surface area contributed by atoms with Gasteiger partial charge in [0, 0.05) is 0 Å². The number of ether oxygens (including phenoxy) is 2. The maximum Gasteiger partial charge on any atom is 1.00 e. The Balaban J connectivity index is 0.00000288. The summed E-state index contributed by atoms with van der Waals surface area (Å²) >= 11 is 0. The first-order valence-electron chi connectivity index (χ1n) is 6.64. The molecule has 2 aromatic rings. The van der Waals surface area contributed by atoms with Crippen molar-refractivity contribution in [1.82, 2.24) is 0 Å². The van der Waals surface area contributed by atoms with Crippen LogP contribution in [0.25, 0.3) is 0 Å². The van der Waals surface area contributed by atoms with Gasteiger partial charge in [0.2, 0.25) is 0 Å². The van der Waals surface area contributed by atoms with Crippen LogP contribution in [0.5, 0.6) is 0 Å². The molecule has 0 aliphatic rings. The summed E-state index contributed by atoms with van der Waals surface area (Å²) in [5.41, 5.74) is 0.400. The number of hydrogen-bond donors (Lipinski definition) is 0. The van der Waals surface area contributed by atoms with Crippen molar-refractivity contribution >= 4 is 17.9 Å². The molecule has 0 bridgehead atoms. The maximum atomic E-state index is 11.8. The molecular weight excluding hydrogens is 378 g/mol. The molecule has 1 atom stereocenters. The van der Waals surface area contributed by atoms with Crippen molar-refractivity contribution < 1.29 is 132 Å². The van der Waals surface area contributed by atoms with Crippen LogP contribution >= 0.6 is 0 Å². The smallest absolute Gasteiger partial charge is 0.630 e. The van der Waals surface area contributed by atoms with Gasteiger partial charge >= 0.3 is 115 Å². The van der Waals surface area contributed by atoms with E-state index in [9.17, 15) is 19.5 Å². The predicted octanol–water partition coefficient (Wildman–Crippen LogP) is -5.01. The summed E-state index contributed by atoms with van der Waals surface area (Å²) in [6.07, 6.45) is -1.81. The van der Waals surface area contributed by atoms with Crippen molar-refractivity contribution in [2.45, 2.75) is 6.10 Å². The van der Waals surface area contributed by atoms with Gasteiger partial charge in [0.05, 0.1) is 23.2 Å². The van der Waals surface area contributed by atoms with E-state index in [0.717, 1.165) is 0 Å². The SMILES string of the molecule is O=C(O[CH-][C@H](OC(=O)c1ccccc1)C(=O)[O-])c1ccccc1.[K+].[K+]. The third-order valence-corrected chi connectivity index (χ3v) is 2.78. The normalized spacial score (nSPS) is 10.4. The topological polar surface area (TPSA) is 92.7 Å². The molecule has 0 spiro atoms. The maximum absolute atomic E-state index is 11.8. The Hall–Kier alpha value is 0.123. The molecule has 6 nitrogen and oxygen atoms in total. The van der Waals surface area contributed by atoms with Crippen molar-refractivity contribution in [1.29, 1.82) is 0 Å². The molecule has 0 saturated carbocycles. The quantitative estimate of drug-likeness (QED) is 0.279. The van der Waals surface area contributed by atoms with Gasteiger partial charge in [0.1, 0.15) is 0 Å². The van der Waals surface area contributed by atoms with E-state index in [1.807, 2.05) is 0 Å². The number of carboxylic acids is 1. The minimum atomic E-state index is -1.81. The zero-order valence-corrected chi connectivity index (χ0v) is 20.1. The number of rotatable bonds is 6. The molecule has 0 N–H and O–H groups in total. The summed E-state index contributed by atoms with van der Waals surface area (Å²) in [6, 6.07) is 15.8. The summed E-state index contributed by atoms with van der Waals surface area (Å²) in [4.78, 5) is 34.5. The van der Waals surface area contributed by atoms with E-state index in [2.05, 4.69) is 0 Å². The zero-order valence-electron chi connectivity index (χ0n) is 13.9. The van der Waals surface area contributed by atoms with Crippen molar-refractivity contribution in [3.05, 3.63) is 78.4 Å². The number of carboxylic acid groups (broad SMARTS) is 1. The van der Waals surface area contributed by atoms with Crippen molar-refractivity contribution in [2.75, 3.05) is 0 Å². The Bertz CT molecular complexity index is 691. The van der Waals surface area contributed by atoms with E-state index >= 15 is 0 Å². The fourth-order valence-corrected chi connectivity index (χ4v) is 1.65. The largest absolute Gasteiger partial charge is 1.00 e. The molecule has 2 aromatic carbocycles. The third-order valence-electron chi connectivity index (χ3n) is 2.78. The van der Waals surface area contributed by atoms with Crippen LogP contribution in [0.2, 0.25) is 0 Å². The van der Waals surface area contributed by atoms with Crippen LogP contribution in [0.1, 0.15) is 20.7 Å². The van der Waals surface area contributed by atoms with E-state index in [0.29, 0.717) is 6.61 Å². The Morgan fingerprint density at radius 2 is 1.24 bits per heavy atom. The monoisotopic (exact) mass is 390 g/mol. The number of carbonyl (C=O) groups is 3. The second kappa shape index (κ2) is 13.3. The second-order valence-electron chi connectivity index (χ2n) is 4.42. The van der Waals surface area contributed by atoms with Crippen LogP contribution in [0.3, 0.4) is 0 Å². The standard InChI is InChI=1S/C17H13O6.2K/c18-15(19)14(23-17(21)13-9-5-2-6-10-13)11-22-16(20)12-7-3-1-4-8-12;;/h1-11,14H,(H,18,19);;/q-1;2*+1/p-1/t14-;;/m0../s1. The van der Waals surface area contributed by atoms with E-state index < -0.39 is 24.0 Å². The Morgan fingerprint density at radius 1 is 0.800 bits per heavy atom. The van der Waals surface area contributed by atoms with Crippen LogP contribution in [-0.4, -0.2) is 24.0 Å². The van der Waals surface area contributed by atoms with Gasteiger partial charge < -0.3 is 19.4 Å². The summed E-state index contributed by atoms with van der Waals surface area (Å²) in [5, 5.41) is 11.0. The van der Waals surface area contributed by atoms with E-state index in [1.54, 1.807) is 36.4 Å². The molecule has 8 heteroatoms. The van der Waals surface area contributed by atoms with Gasteiger partial charge in [-0.1, -0.05) is 36.4 Å². The number of esters is 2. The van der Waals surface area contributed by atoms with E-state index in [1.165, 1.54) is 24.3 Å². The van der Waals surface area contributed by atoms with Crippen LogP contribution in [0, 0.1) is 6.61 Å². The molecule has 0 unspecified atom stereocenters. The van der Waals surface area contributed by atoms with E-state index in [-0.39, 0.29) is 114 Å². The Labute approximate surface area is 230 Å². The minimum Gasteiger partial charge on any atom is -0.630 e. The molecule has 2 rings (SSSR count). The van der Waals surface area contributed by atoms with Gasteiger partial charge in [-0.05, 0) is 24.3 Å². The van der Waals surface area contributed by atoms with Crippen LogP contribution < -0.4 is 108 Å². The molecule has 0 fully saturated rings. The fraction of sp³-hybridized carbons (Fsp3) is 0.0588. The second-order valence-corrected chi connectivity index (χ2v) is 4.42. The van der Waals surface area contributed by atoms with Gasteiger partial charge in [0.25, 0.3) is 0 Å². The number of aliphatic carboxylic acids is 1. The predicted molar refractivity (Wildman–Crippen MR) is 76.8 cm³/mol. The van der Waals surface area contributed by atoms with Gasteiger partial charge in [-0.15, -0.1) is 6.61 Å². The zero-order chi connectivity index (χ0) is 16.7. The first-order chi connectivity index (χ1) is 11.1. The Morgan fingerprint density at radius 3 is 1.68 bits per heavy atom. The molecule has 118 valence electrons. The average molecular weight is 390 g/mol. The third kappa shape index (κ3) is 8.57. The molecule has 0 radical (unpaired) electrons. The molecule has 0 aromatic heterocycles. The summed E-state index contributed by atoms with van der Waals surface area (Å²) in [6.45, 7) is 0.617. The van der Waals surface area contributed by atoms with Crippen molar-refractivity contribution in [2.24, 2.45) is 0 Å². The van der Waals surface area contributed by atoms with Gasteiger partial charge in [-0.25, -0.2) is 9.59 Å². The molecule has 25 heavy (non-hydrogen) atoms. The molecular formula is C17H12K2O6. The summed E-state index contributed by atoms with van der Waals surface area (Å²) in [5.74, 6) is -3.34. The molecule has 0 amide bonds. The van der Waals surface area contributed by atoms with Gasteiger partial charge in [0.15, 0.2) is 0 Å². The van der Waals surface area contributed by atoms with Gasteiger partial charge in [-0.3, -0.25) is 0 Å². The van der Waals surface area contributed by atoms with Gasteiger partial charge in [-0.2, -0.15) is 0 Å². The summed E-state index contributed by atoms with van der Waals surface area (Å²) < 4.78 is 9.48. The first kappa shape index (κ1) is 25.1. The van der Waals surface area contributed by atoms with E-state index in [4.69, 9.17) is 9.47 Å². The van der Waals surface area contributed by atoms with Crippen molar-refractivity contribution in [3.63, 3.8) is 0 Å². The minimum absolute atomic E-state index is 0. The number of hydrogen-bond acceptors (Lipinski definition) is 6. The first-order valence-corrected chi connectivity index (χ1v) is 6.64. The summed E-state index contributed by atoms with van der Waals surface area (Å²) in [7, 11) is 0. The molecule has 0 heterocycles. The Kier molecular flexibility index (Phi) is 13.4.